The normalized spacial score (nSPS) is 16.8. The van der Waals surface area contributed by atoms with Gasteiger partial charge < -0.3 is 19.4 Å². The van der Waals surface area contributed by atoms with Crippen LogP contribution in [0.3, 0.4) is 0 Å². The minimum Gasteiger partial charge on any atom is -0.378 e. The lowest BCUT2D eigenvalue weighted by molar-refractivity contribution is -0.128. The number of nitriles is 1. The Kier molecular flexibility index (Phi) is 6.89. The maximum absolute atomic E-state index is 13.1. The average molecular weight is 442 g/mol. The number of aromatic nitrogens is 1. The highest BCUT2D eigenvalue weighted by atomic mass is 32.2. The van der Waals surface area contributed by atoms with Crippen LogP contribution in [0, 0.1) is 17.1 Å². The Morgan fingerprint density at radius 1 is 1.06 bits per heavy atom. The maximum Gasteiger partial charge on any atom is 0.233 e. The fourth-order valence-electron chi connectivity index (χ4n) is 3.80. The van der Waals surface area contributed by atoms with Gasteiger partial charge in [-0.15, -0.1) is 0 Å². The Labute approximate surface area is 185 Å². The molecule has 162 valence electrons. The Bertz CT molecular complexity index is 951. The molecule has 0 spiro atoms. The van der Waals surface area contributed by atoms with Crippen LogP contribution in [0.4, 0.5) is 15.8 Å². The summed E-state index contributed by atoms with van der Waals surface area (Å²) in [6.45, 7) is 5.38. The number of amides is 1. The van der Waals surface area contributed by atoms with E-state index in [-0.39, 0.29) is 17.5 Å². The predicted molar refractivity (Wildman–Crippen MR) is 118 cm³/mol. The van der Waals surface area contributed by atoms with E-state index in [0.717, 1.165) is 24.5 Å². The van der Waals surface area contributed by atoms with Gasteiger partial charge >= 0.3 is 0 Å². The topological polar surface area (TPSA) is 72.7 Å². The summed E-state index contributed by atoms with van der Waals surface area (Å²) in [5.74, 6) is 0.0222. The molecule has 2 aliphatic rings. The molecule has 0 radical (unpaired) electrons. The van der Waals surface area contributed by atoms with Crippen LogP contribution in [-0.2, 0) is 9.53 Å². The zero-order chi connectivity index (χ0) is 21.6. The Morgan fingerprint density at radius 3 is 2.45 bits per heavy atom. The number of hydrogen-bond acceptors (Lipinski definition) is 7. The largest absolute Gasteiger partial charge is 0.378 e. The van der Waals surface area contributed by atoms with E-state index in [1.165, 1.54) is 23.9 Å². The number of carbonyl (C=O) groups is 1. The number of carbonyl (C=O) groups excluding carboxylic acids is 1. The van der Waals surface area contributed by atoms with Gasteiger partial charge in [0.25, 0.3) is 0 Å². The number of morpholine rings is 1. The van der Waals surface area contributed by atoms with Gasteiger partial charge in [-0.3, -0.25) is 4.79 Å². The van der Waals surface area contributed by atoms with Crippen molar-refractivity contribution < 1.29 is 13.9 Å². The first-order chi connectivity index (χ1) is 15.2. The minimum atomic E-state index is -0.252. The standard InChI is InChI=1S/C22H24FN5O2S/c23-17-1-3-18(4-2-17)26-7-9-28(10-8-26)21(29)16-31-22-19(15-24)20(5-6-25-22)27-11-13-30-14-12-27/h1-6H,7-14,16H2. The van der Waals surface area contributed by atoms with Crippen LogP contribution < -0.4 is 9.80 Å². The van der Waals surface area contributed by atoms with E-state index in [0.29, 0.717) is 50.0 Å². The van der Waals surface area contributed by atoms with E-state index >= 15 is 0 Å². The van der Waals surface area contributed by atoms with Gasteiger partial charge in [0.05, 0.1) is 24.7 Å². The number of anilines is 2. The Morgan fingerprint density at radius 2 is 1.77 bits per heavy atom. The fraction of sp³-hybridized carbons (Fsp3) is 0.409. The molecule has 0 N–H and O–H groups in total. The van der Waals surface area contributed by atoms with Gasteiger partial charge in [-0.25, -0.2) is 9.37 Å². The highest BCUT2D eigenvalue weighted by Gasteiger charge is 2.23. The second-order valence-electron chi connectivity index (χ2n) is 7.35. The molecule has 1 amide bonds. The number of halogens is 1. The number of ether oxygens (including phenoxy) is 1. The molecule has 1 aromatic heterocycles. The van der Waals surface area contributed by atoms with Crippen LogP contribution in [0.15, 0.2) is 41.6 Å². The van der Waals surface area contributed by atoms with Crippen molar-refractivity contribution in [3.8, 4) is 6.07 Å². The first kappa shape index (κ1) is 21.4. The van der Waals surface area contributed by atoms with Gasteiger partial charge in [-0.1, -0.05) is 11.8 Å². The van der Waals surface area contributed by atoms with Gasteiger partial charge in [-0.2, -0.15) is 5.26 Å². The third-order valence-corrected chi connectivity index (χ3v) is 6.49. The van der Waals surface area contributed by atoms with Crippen molar-refractivity contribution in [3.63, 3.8) is 0 Å². The van der Waals surface area contributed by atoms with Gasteiger partial charge in [0.2, 0.25) is 5.91 Å². The highest BCUT2D eigenvalue weighted by Crippen LogP contribution is 2.29. The third-order valence-electron chi connectivity index (χ3n) is 5.51. The van der Waals surface area contributed by atoms with Crippen LogP contribution in [-0.4, -0.2) is 74.0 Å². The molecular formula is C22H24FN5O2S. The third kappa shape index (κ3) is 5.09. The molecule has 4 rings (SSSR count). The van der Waals surface area contributed by atoms with E-state index in [2.05, 4.69) is 20.9 Å². The summed E-state index contributed by atoms with van der Waals surface area (Å²) in [4.78, 5) is 23.2. The summed E-state index contributed by atoms with van der Waals surface area (Å²) in [5.41, 5.74) is 2.33. The number of pyridine rings is 1. The molecule has 0 unspecified atom stereocenters. The molecule has 9 heteroatoms. The average Bonchev–Trinajstić information content (AvgIpc) is 2.83. The molecule has 7 nitrogen and oxygen atoms in total. The van der Waals surface area contributed by atoms with E-state index in [4.69, 9.17) is 4.74 Å². The minimum absolute atomic E-state index is 0.0335. The fourth-order valence-corrected chi connectivity index (χ4v) is 4.68. The highest BCUT2D eigenvalue weighted by molar-refractivity contribution is 8.00. The van der Waals surface area contributed by atoms with E-state index < -0.39 is 0 Å². The van der Waals surface area contributed by atoms with Crippen molar-refractivity contribution in [3.05, 3.63) is 47.9 Å². The summed E-state index contributed by atoms with van der Waals surface area (Å²) in [5, 5.41) is 10.3. The molecular weight excluding hydrogens is 417 g/mol. The van der Waals surface area contributed by atoms with Crippen molar-refractivity contribution in [2.75, 3.05) is 68.0 Å². The smallest absolute Gasteiger partial charge is 0.233 e. The molecule has 0 bridgehead atoms. The summed E-state index contributed by atoms with van der Waals surface area (Å²) in [6.07, 6.45) is 1.69. The molecule has 0 aliphatic carbocycles. The number of rotatable bonds is 5. The van der Waals surface area contributed by atoms with E-state index in [1.807, 2.05) is 11.0 Å². The number of piperazine rings is 1. The van der Waals surface area contributed by atoms with Crippen LogP contribution >= 0.6 is 11.8 Å². The molecule has 31 heavy (non-hydrogen) atoms. The number of hydrogen-bond donors (Lipinski definition) is 0. The summed E-state index contributed by atoms with van der Waals surface area (Å²) < 4.78 is 18.5. The van der Waals surface area contributed by atoms with Crippen molar-refractivity contribution in [2.24, 2.45) is 0 Å². The summed E-state index contributed by atoms with van der Waals surface area (Å²) in [7, 11) is 0. The lowest BCUT2D eigenvalue weighted by atomic mass is 10.2. The zero-order valence-electron chi connectivity index (χ0n) is 17.2. The van der Waals surface area contributed by atoms with Crippen LogP contribution in [0.2, 0.25) is 0 Å². The monoisotopic (exact) mass is 441 g/mol. The molecule has 2 fully saturated rings. The van der Waals surface area contributed by atoms with Crippen LogP contribution in [0.5, 0.6) is 0 Å². The van der Waals surface area contributed by atoms with Crippen molar-refractivity contribution in [1.82, 2.24) is 9.88 Å². The molecule has 2 saturated heterocycles. The van der Waals surface area contributed by atoms with Crippen molar-refractivity contribution in [1.29, 1.82) is 5.26 Å². The van der Waals surface area contributed by atoms with Crippen molar-refractivity contribution >= 4 is 29.0 Å². The van der Waals surface area contributed by atoms with Gasteiger partial charge in [0.1, 0.15) is 22.5 Å². The molecule has 1 aromatic carbocycles. The van der Waals surface area contributed by atoms with Gasteiger partial charge in [0.15, 0.2) is 0 Å². The number of nitrogens with zero attached hydrogens (tertiary/aromatic N) is 5. The van der Waals surface area contributed by atoms with Crippen LogP contribution in [0.25, 0.3) is 0 Å². The lowest BCUT2D eigenvalue weighted by Gasteiger charge is -2.36. The van der Waals surface area contributed by atoms with E-state index in [9.17, 15) is 14.4 Å². The van der Waals surface area contributed by atoms with Gasteiger partial charge in [-0.05, 0) is 30.3 Å². The van der Waals surface area contributed by atoms with Crippen molar-refractivity contribution in [2.45, 2.75) is 5.03 Å². The van der Waals surface area contributed by atoms with Gasteiger partial charge in [0, 0.05) is 51.2 Å². The first-order valence-corrected chi connectivity index (χ1v) is 11.3. The SMILES string of the molecule is N#Cc1c(N2CCOCC2)ccnc1SCC(=O)N1CCN(c2ccc(F)cc2)CC1. The maximum atomic E-state index is 13.1. The molecule has 3 heterocycles. The first-order valence-electron chi connectivity index (χ1n) is 10.3. The molecule has 2 aliphatic heterocycles. The molecule has 0 saturated carbocycles. The Hall–Kier alpha value is -2.83. The Balaban J connectivity index is 1.34. The summed E-state index contributed by atoms with van der Waals surface area (Å²) >= 11 is 1.31. The second kappa shape index (κ2) is 9.98. The molecule has 0 atom stereocenters. The summed E-state index contributed by atoms with van der Waals surface area (Å²) in [6, 6.07) is 10.6. The lowest BCUT2D eigenvalue weighted by Crippen LogP contribution is -2.49. The number of benzene rings is 1. The van der Waals surface area contributed by atoms with Crippen LogP contribution in [0.1, 0.15) is 5.56 Å². The quantitative estimate of drug-likeness (QED) is 0.660. The number of thioether (sulfide) groups is 1. The second-order valence-corrected chi connectivity index (χ2v) is 8.32. The van der Waals surface area contributed by atoms with E-state index in [1.54, 1.807) is 18.3 Å². The zero-order valence-corrected chi connectivity index (χ0v) is 18.0. The molecule has 2 aromatic rings. The predicted octanol–water partition coefficient (Wildman–Crippen LogP) is 2.37.